The molecule has 0 aliphatic carbocycles. The van der Waals surface area contributed by atoms with Crippen LogP contribution in [0.3, 0.4) is 0 Å². The van der Waals surface area contributed by atoms with E-state index in [0.717, 1.165) is 17.7 Å². The summed E-state index contributed by atoms with van der Waals surface area (Å²) in [6.45, 7) is 2.04. The van der Waals surface area contributed by atoms with E-state index in [2.05, 4.69) is 5.32 Å². The van der Waals surface area contributed by atoms with Crippen molar-refractivity contribution in [3.8, 4) is 0 Å². The minimum atomic E-state index is -0.213. The summed E-state index contributed by atoms with van der Waals surface area (Å²) >= 11 is 0. The third-order valence-corrected chi connectivity index (χ3v) is 3.22. The zero-order chi connectivity index (χ0) is 12.7. The first kappa shape index (κ1) is 10.8. The number of carbonyl (C=O) groups is 2. The maximum absolute atomic E-state index is 12.2. The quantitative estimate of drug-likeness (QED) is 0.851. The molecule has 0 unspecified atom stereocenters. The van der Waals surface area contributed by atoms with Gasteiger partial charge in [-0.3, -0.25) is 14.5 Å². The summed E-state index contributed by atoms with van der Waals surface area (Å²) in [6, 6.07) is 7.72. The van der Waals surface area contributed by atoms with Crippen molar-refractivity contribution < 1.29 is 9.59 Å². The van der Waals surface area contributed by atoms with E-state index in [1.807, 2.05) is 31.2 Å². The monoisotopic (exact) mass is 240 g/mol. The van der Waals surface area contributed by atoms with Gasteiger partial charge in [-0.1, -0.05) is 25.1 Å². The molecular formula is C14H12N2O2. The van der Waals surface area contributed by atoms with E-state index in [4.69, 9.17) is 0 Å². The minimum Gasteiger partial charge on any atom is -0.328 e. The molecule has 4 heteroatoms. The molecule has 1 aromatic carbocycles. The summed E-state index contributed by atoms with van der Waals surface area (Å²) in [6.07, 6.45) is 3.93. The SMILES string of the molecule is CCc1ccccc1N1C=C2C(=O)NC=C2C1=O. The van der Waals surface area contributed by atoms with Gasteiger partial charge in [-0.15, -0.1) is 0 Å². The Labute approximate surface area is 105 Å². The number of nitrogens with one attached hydrogen (secondary N) is 1. The lowest BCUT2D eigenvalue weighted by Gasteiger charge is -2.17. The first-order valence-corrected chi connectivity index (χ1v) is 5.87. The summed E-state index contributed by atoms with van der Waals surface area (Å²) in [4.78, 5) is 25.3. The zero-order valence-corrected chi connectivity index (χ0v) is 9.93. The molecule has 90 valence electrons. The van der Waals surface area contributed by atoms with Crippen LogP contribution in [-0.2, 0) is 16.0 Å². The lowest BCUT2D eigenvalue weighted by molar-refractivity contribution is -0.116. The van der Waals surface area contributed by atoms with Gasteiger partial charge >= 0.3 is 0 Å². The molecule has 0 radical (unpaired) electrons. The number of hydrogen-bond acceptors (Lipinski definition) is 2. The number of benzene rings is 1. The largest absolute Gasteiger partial charge is 0.328 e. The van der Waals surface area contributed by atoms with E-state index >= 15 is 0 Å². The maximum Gasteiger partial charge on any atom is 0.264 e. The van der Waals surface area contributed by atoms with Crippen LogP contribution in [0.25, 0.3) is 0 Å². The molecule has 2 aliphatic heterocycles. The molecule has 0 saturated carbocycles. The number of rotatable bonds is 2. The van der Waals surface area contributed by atoms with E-state index in [0.29, 0.717) is 11.1 Å². The highest BCUT2D eigenvalue weighted by atomic mass is 16.2. The van der Waals surface area contributed by atoms with Gasteiger partial charge in [0.05, 0.1) is 16.8 Å². The summed E-state index contributed by atoms with van der Waals surface area (Å²) in [5, 5.41) is 2.54. The number of anilines is 1. The number of hydrogen-bond donors (Lipinski definition) is 1. The fourth-order valence-corrected chi connectivity index (χ4v) is 2.26. The number of fused-ring (bicyclic) bond motifs is 1. The van der Waals surface area contributed by atoms with Crippen LogP contribution in [0.1, 0.15) is 12.5 Å². The second-order valence-electron chi connectivity index (χ2n) is 4.23. The number of nitrogens with zero attached hydrogens (tertiary/aromatic N) is 1. The van der Waals surface area contributed by atoms with Crippen LogP contribution in [0, 0.1) is 0 Å². The van der Waals surface area contributed by atoms with Crippen LogP contribution in [0.15, 0.2) is 47.8 Å². The number of para-hydroxylation sites is 1. The second-order valence-corrected chi connectivity index (χ2v) is 4.23. The fraction of sp³-hybridized carbons (Fsp3) is 0.143. The Morgan fingerprint density at radius 1 is 1.17 bits per heavy atom. The fourth-order valence-electron chi connectivity index (χ4n) is 2.26. The van der Waals surface area contributed by atoms with E-state index in [1.54, 1.807) is 11.1 Å². The Morgan fingerprint density at radius 3 is 2.67 bits per heavy atom. The standard InChI is InChI=1S/C14H12N2O2/c1-2-9-5-3-4-6-12(9)16-8-11-10(14(16)18)7-15-13(11)17/h3-8H,2H2,1H3,(H,15,17). The Balaban J connectivity index is 2.07. The van der Waals surface area contributed by atoms with Crippen LogP contribution in [0.5, 0.6) is 0 Å². The molecule has 1 N–H and O–H groups in total. The van der Waals surface area contributed by atoms with Gasteiger partial charge in [0.2, 0.25) is 0 Å². The minimum absolute atomic E-state index is 0.149. The van der Waals surface area contributed by atoms with Crippen molar-refractivity contribution in [2.75, 3.05) is 4.90 Å². The van der Waals surface area contributed by atoms with Crippen LogP contribution in [0.2, 0.25) is 0 Å². The van der Waals surface area contributed by atoms with Gasteiger partial charge in [-0.05, 0) is 18.1 Å². The number of amides is 2. The average molecular weight is 240 g/mol. The highest BCUT2D eigenvalue weighted by Gasteiger charge is 2.36. The molecule has 0 fully saturated rings. The predicted octanol–water partition coefficient (Wildman–Crippen LogP) is 1.49. The van der Waals surface area contributed by atoms with Gasteiger partial charge in [0.15, 0.2) is 0 Å². The topological polar surface area (TPSA) is 49.4 Å². The lowest BCUT2D eigenvalue weighted by atomic mass is 10.1. The van der Waals surface area contributed by atoms with Gasteiger partial charge in [-0.2, -0.15) is 0 Å². The van der Waals surface area contributed by atoms with Crippen molar-refractivity contribution in [1.82, 2.24) is 5.32 Å². The molecule has 2 amide bonds. The summed E-state index contributed by atoms with van der Waals surface area (Å²) in [5.41, 5.74) is 2.83. The zero-order valence-electron chi connectivity index (χ0n) is 9.93. The lowest BCUT2D eigenvalue weighted by Crippen LogP contribution is -2.22. The van der Waals surface area contributed by atoms with E-state index < -0.39 is 0 Å². The maximum atomic E-state index is 12.2. The molecule has 0 aromatic heterocycles. The van der Waals surface area contributed by atoms with Crippen LogP contribution in [0.4, 0.5) is 5.69 Å². The molecule has 18 heavy (non-hydrogen) atoms. The Kier molecular flexibility index (Phi) is 2.30. The number of aryl methyl sites for hydroxylation is 1. The van der Waals surface area contributed by atoms with Crippen molar-refractivity contribution in [2.24, 2.45) is 0 Å². The number of carbonyl (C=O) groups excluding carboxylic acids is 2. The van der Waals surface area contributed by atoms with Gasteiger partial charge in [0.1, 0.15) is 0 Å². The molecule has 0 spiro atoms. The molecule has 4 nitrogen and oxygen atoms in total. The summed E-state index contributed by atoms with van der Waals surface area (Å²) < 4.78 is 0. The Bertz CT molecular complexity index is 614. The van der Waals surface area contributed by atoms with Gasteiger partial charge in [0, 0.05) is 12.4 Å². The van der Waals surface area contributed by atoms with Crippen molar-refractivity contribution in [2.45, 2.75) is 13.3 Å². The van der Waals surface area contributed by atoms with E-state index in [1.165, 1.54) is 6.20 Å². The van der Waals surface area contributed by atoms with Crippen molar-refractivity contribution >= 4 is 17.5 Å². The van der Waals surface area contributed by atoms with Crippen LogP contribution in [-0.4, -0.2) is 11.8 Å². The molecule has 3 rings (SSSR count). The van der Waals surface area contributed by atoms with Crippen molar-refractivity contribution in [3.05, 3.63) is 53.4 Å². The normalized spacial score (nSPS) is 17.5. The molecule has 0 saturated heterocycles. The molecule has 2 aliphatic rings. The van der Waals surface area contributed by atoms with Gasteiger partial charge in [-0.25, -0.2) is 0 Å². The van der Waals surface area contributed by atoms with E-state index in [-0.39, 0.29) is 11.8 Å². The van der Waals surface area contributed by atoms with Gasteiger partial charge < -0.3 is 5.32 Å². The molecule has 2 heterocycles. The second kappa shape index (κ2) is 3.84. The Morgan fingerprint density at radius 2 is 1.94 bits per heavy atom. The van der Waals surface area contributed by atoms with Crippen molar-refractivity contribution in [1.29, 1.82) is 0 Å². The molecule has 0 bridgehead atoms. The predicted molar refractivity (Wildman–Crippen MR) is 67.6 cm³/mol. The highest BCUT2D eigenvalue weighted by molar-refractivity contribution is 6.23. The third-order valence-electron chi connectivity index (χ3n) is 3.22. The van der Waals surface area contributed by atoms with Crippen molar-refractivity contribution in [3.63, 3.8) is 0 Å². The third kappa shape index (κ3) is 1.39. The first-order valence-electron chi connectivity index (χ1n) is 5.87. The summed E-state index contributed by atoms with van der Waals surface area (Å²) in [7, 11) is 0. The van der Waals surface area contributed by atoms with Crippen LogP contribution >= 0.6 is 0 Å². The molecule has 0 atom stereocenters. The highest BCUT2D eigenvalue weighted by Crippen LogP contribution is 2.32. The smallest absolute Gasteiger partial charge is 0.264 e. The van der Waals surface area contributed by atoms with Crippen LogP contribution < -0.4 is 10.2 Å². The Hall–Kier alpha value is -2.36. The summed E-state index contributed by atoms with van der Waals surface area (Å²) in [5.74, 6) is -0.362. The molecular weight excluding hydrogens is 228 g/mol. The van der Waals surface area contributed by atoms with E-state index in [9.17, 15) is 9.59 Å². The first-order chi connectivity index (χ1) is 8.72. The molecule has 1 aromatic rings. The average Bonchev–Trinajstić information content (AvgIpc) is 2.91. The van der Waals surface area contributed by atoms with Gasteiger partial charge in [0.25, 0.3) is 11.8 Å².